The summed E-state index contributed by atoms with van der Waals surface area (Å²) in [5.41, 5.74) is 11.2. The third kappa shape index (κ3) is 5.82. The van der Waals surface area contributed by atoms with Crippen LogP contribution in [0.1, 0.15) is 27.7 Å². The molecule has 0 aromatic rings. The van der Waals surface area contributed by atoms with Gasteiger partial charge in [-0.25, -0.2) is 0 Å². The van der Waals surface area contributed by atoms with Gasteiger partial charge in [-0.3, -0.25) is 9.59 Å². The van der Waals surface area contributed by atoms with Crippen LogP contribution in [0.3, 0.4) is 0 Å². The number of hydrogen-bond donors (Lipinski definition) is 4. The van der Waals surface area contributed by atoms with Crippen molar-refractivity contribution in [1.82, 2.24) is 0 Å². The molecular formula is C10H20N2O4S3. The first-order valence-corrected chi connectivity index (χ1v) is 8.90. The highest BCUT2D eigenvalue weighted by Crippen LogP contribution is 2.50. The van der Waals surface area contributed by atoms with E-state index in [0.717, 1.165) is 0 Å². The zero-order valence-corrected chi connectivity index (χ0v) is 13.7. The molecule has 0 aromatic carbocycles. The maximum Gasteiger partial charge on any atom is 0.321 e. The lowest BCUT2D eigenvalue weighted by atomic mass is 10.1. The van der Waals surface area contributed by atoms with E-state index in [1.54, 1.807) is 27.7 Å². The fourth-order valence-electron chi connectivity index (χ4n) is 0.891. The summed E-state index contributed by atoms with van der Waals surface area (Å²) in [4.78, 5) is 21.7. The highest BCUT2D eigenvalue weighted by molar-refractivity contribution is 9.09. The van der Waals surface area contributed by atoms with Crippen molar-refractivity contribution in [3.05, 3.63) is 0 Å². The van der Waals surface area contributed by atoms with Crippen molar-refractivity contribution >= 4 is 43.4 Å². The van der Waals surface area contributed by atoms with Crippen molar-refractivity contribution in [3.8, 4) is 0 Å². The van der Waals surface area contributed by atoms with Crippen LogP contribution in [-0.4, -0.2) is 43.7 Å². The van der Waals surface area contributed by atoms with E-state index in [9.17, 15) is 9.59 Å². The predicted molar refractivity (Wildman–Crippen MR) is 82.2 cm³/mol. The molecule has 6 nitrogen and oxygen atoms in total. The molecule has 6 N–H and O–H groups in total. The second-order valence-electron chi connectivity index (χ2n) is 5.07. The molecule has 0 saturated heterocycles. The molecule has 2 atom stereocenters. The van der Waals surface area contributed by atoms with E-state index in [-0.39, 0.29) is 0 Å². The van der Waals surface area contributed by atoms with Crippen molar-refractivity contribution in [2.75, 3.05) is 0 Å². The Balaban J connectivity index is 4.44. The monoisotopic (exact) mass is 328 g/mol. The number of rotatable bonds is 8. The molecule has 0 aromatic heterocycles. The summed E-state index contributed by atoms with van der Waals surface area (Å²) in [6.07, 6.45) is 0. The summed E-state index contributed by atoms with van der Waals surface area (Å²) < 4.78 is -1.35. The van der Waals surface area contributed by atoms with E-state index in [0.29, 0.717) is 0 Å². The molecule has 0 aliphatic heterocycles. The van der Waals surface area contributed by atoms with E-state index in [4.69, 9.17) is 21.7 Å². The van der Waals surface area contributed by atoms with E-state index >= 15 is 0 Å². The molecular weight excluding hydrogens is 308 g/mol. The first kappa shape index (κ1) is 18.9. The maximum atomic E-state index is 10.9. The zero-order valence-electron chi connectivity index (χ0n) is 11.2. The van der Waals surface area contributed by atoms with E-state index in [2.05, 4.69) is 0 Å². The molecule has 0 fully saturated rings. The Bertz CT molecular complexity index is 318. The van der Waals surface area contributed by atoms with Gasteiger partial charge in [0, 0.05) is 9.49 Å². The van der Waals surface area contributed by atoms with Gasteiger partial charge in [-0.1, -0.05) is 21.6 Å². The number of carboxylic acids is 2. The van der Waals surface area contributed by atoms with Gasteiger partial charge in [-0.05, 0) is 37.5 Å². The van der Waals surface area contributed by atoms with Crippen LogP contribution >= 0.6 is 31.4 Å². The fourth-order valence-corrected chi connectivity index (χ4v) is 6.92. The van der Waals surface area contributed by atoms with Crippen LogP contribution in [0.2, 0.25) is 0 Å². The highest BCUT2D eigenvalue weighted by Gasteiger charge is 2.36. The van der Waals surface area contributed by atoms with E-state index < -0.39 is 33.5 Å². The lowest BCUT2D eigenvalue weighted by Gasteiger charge is -2.30. The molecule has 0 radical (unpaired) electrons. The van der Waals surface area contributed by atoms with Crippen LogP contribution < -0.4 is 11.5 Å². The van der Waals surface area contributed by atoms with Crippen molar-refractivity contribution in [2.45, 2.75) is 49.3 Å². The molecule has 0 bridgehead atoms. The minimum Gasteiger partial charge on any atom is -0.480 e. The third-order valence-electron chi connectivity index (χ3n) is 2.53. The Hall–Kier alpha value is -0.0900. The first-order chi connectivity index (χ1) is 8.42. The molecule has 9 heteroatoms. The van der Waals surface area contributed by atoms with Gasteiger partial charge in [0.05, 0.1) is 0 Å². The molecule has 0 amide bonds. The molecule has 0 saturated carbocycles. The van der Waals surface area contributed by atoms with Crippen molar-refractivity contribution in [2.24, 2.45) is 11.5 Å². The number of carbonyl (C=O) groups is 2. The van der Waals surface area contributed by atoms with Gasteiger partial charge in [0.2, 0.25) is 0 Å². The van der Waals surface area contributed by atoms with Gasteiger partial charge in [0.25, 0.3) is 0 Å². The Labute approximate surface area is 124 Å². The maximum absolute atomic E-state index is 10.9. The summed E-state index contributed by atoms with van der Waals surface area (Å²) in [6.45, 7) is 6.92. The Morgan fingerprint density at radius 3 is 1.37 bits per heavy atom. The van der Waals surface area contributed by atoms with Crippen LogP contribution in [0.4, 0.5) is 0 Å². The number of carboxylic acid groups (broad SMARTS) is 2. The molecule has 0 heterocycles. The van der Waals surface area contributed by atoms with Gasteiger partial charge in [0.15, 0.2) is 0 Å². The third-order valence-corrected chi connectivity index (χ3v) is 8.24. The summed E-state index contributed by atoms with van der Waals surface area (Å²) in [7, 11) is 3.90. The minimum absolute atomic E-state index is 0.674. The first-order valence-electron chi connectivity index (χ1n) is 5.42. The molecule has 0 spiro atoms. The lowest BCUT2D eigenvalue weighted by molar-refractivity contribution is -0.140. The van der Waals surface area contributed by atoms with Gasteiger partial charge in [-0.2, -0.15) is 0 Å². The van der Waals surface area contributed by atoms with Gasteiger partial charge >= 0.3 is 11.9 Å². The summed E-state index contributed by atoms with van der Waals surface area (Å²) in [5, 5.41) is 17.8. The van der Waals surface area contributed by atoms with Crippen molar-refractivity contribution in [3.63, 3.8) is 0 Å². The van der Waals surface area contributed by atoms with Crippen LogP contribution in [0.5, 0.6) is 0 Å². The Kier molecular flexibility index (Phi) is 7.04. The molecule has 0 aliphatic rings. The minimum atomic E-state index is -1.07. The largest absolute Gasteiger partial charge is 0.480 e. The van der Waals surface area contributed by atoms with Crippen LogP contribution in [-0.2, 0) is 9.59 Å². The summed E-state index contributed by atoms with van der Waals surface area (Å²) in [5.74, 6) is -2.13. The normalized spacial score (nSPS) is 15.9. The SMILES string of the molecule is CC(C)(SSSC(C)(C)[C@@H](N)C(=O)O)[C@@H](N)C(=O)O. The highest BCUT2D eigenvalue weighted by atomic mass is 33.5. The van der Waals surface area contributed by atoms with Gasteiger partial charge in [-0.15, -0.1) is 0 Å². The van der Waals surface area contributed by atoms with Gasteiger partial charge in [0.1, 0.15) is 12.1 Å². The standard InChI is InChI=1S/C10H20N2O4S3/c1-9(2,5(11)7(13)14)17-19-18-10(3,4)6(12)8(15)16/h5-6H,11-12H2,1-4H3,(H,13,14)(H,15,16)/t5-,6-/m0/s1. The fraction of sp³-hybridized carbons (Fsp3) is 0.800. The van der Waals surface area contributed by atoms with Crippen LogP contribution in [0.25, 0.3) is 0 Å². The van der Waals surface area contributed by atoms with Crippen LogP contribution in [0, 0.1) is 0 Å². The molecule has 19 heavy (non-hydrogen) atoms. The molecule has 0 aliphatic carbocycles. The second-order valence-corrected chi connectivity index (χ2v) is 10.3. The lowest BCUT2D eigenvalue weighted by Crippen LogP contribution is -2.47. The average Bonchev–Trinajstić information content (AvgIpc) is 2.25. The number of hydrogen-bond acceptors (Lipinski definition) is 7. The molecule has 0 unspecified atom stereocenters. The van der Waals surface area contributed by atoms with E-state index in [1.807, 2.05) is 0 Å². The average molecular weight is 328 g/mol. The van der Waals surface area contributed by atoms with Crippen LogP contribution in [0.15, 0.2) is 0 Å². The second kappa shape index (κ2) is 7.07. The smallest absolute Gasteiger partial charge is 0.321 e. The molecule has 0 rings (SSSR count). The van der Waals surface area contributed by atoms with Crippen molar-refractivity contribution in [1.29, 1.82) is 0 Å². The molecule has 112 valence electrons. The quantitative estimate of drug-likeness (QED) is 0.489. The number of aliphatic carboxylic acids is 2. The Morgan fingerprint density at radius 1 is 0.895 bits per heavy atom. The predicted octanol–water partition coefficient (Wildman–Crippen LogP) is 1.40. The van der Waals surface area contributed by atoms with Gasteiger partial charge < -0.3 is 21.7 Å². The summed E-state index contributed by atoms with van der Waals surface area (Å²) in [6, 6.07) is -2.00. The van der Waals surface area contributed by atoms with E-state index in [1.165, 1.54) is 31.4 Å². The topological polar surface area (TPSA) is 127 Å². The van der Waals surface area contributed by atoms with Crippen molar-refractivity contribution < 1.29 is 19.8 Å². The Morgan fingerprint density at radius 2 is 1.16 bits per heavy atom. The summed E-state index contributed by atoms with van der Waals surface area (Å²) >= 11 is 0. The number of nitrogens with two attached hydrogens (primary N) is 2. The zero-order chi connectivity index (χ0) is 15.4.